The van der Waals surface area contributed by atoms with Crippen LogP contribution in [0.3, 0.4) is 0 Å². The third-order valence-electron chi connectivity index (χ3n) is 3.52. The maximum Gasteiger partial charge on any atom is 0.135 e. The molecule has 0 bridgehead atoms. The molecule has 3 nitrogen and oxygen atoms in total. The van der Waals surface area contributed by atoms with E-state index in [1.807, 2.05) is 18.2 Å². The fraction of sp³-hybridized carbons (Fsp3) is 0.267. The summed E-state index contributed by atoms with van der Waals surface area (Å²) in [5.41, 5.74) is 3.13. The van der Waals surface area contributed by atoms with Gasteiger partial charge in [-0.2, -0.15) is 5.26 Å². The van der Waals surface area contributed by atoms with E-state index in [0.717, 1.165) is 52.4 Å². The van der Waals surface area contributed by atoms with Crippen LogP contribution >= 0.6 is 24.0 Å². The zero-order valence-electron chi connectivity index (χ0n) is 11.0. The van der Waals surface area contributed by atoms with Gasteiger partial charge in [-0.1, -0.05) is 11.6 Å². The number of benzene rings is 1. The number of hydrogen-bond donors (Lipinski definition) is 0. The van der Waals surface area contributed by atoms with Crippen molar-refractivity contribution >= 4 is 41.1 Å². The van der Waals surface area contributed by atoms with E-state index in [2.05, 4.69) is 11.9 Å². The Labute approximate surface area is 128 Å². The zero-order valence-corrected chi connectivity index (χ0v) is 12.6. The molecule has 2 aromatic rings. The van der Waals surface area contributed by atoms with Crippen molar-refractivity contribution in [3.8, 4) is 6.07 Å². The summed E-state index contributed by atoms with van der Waals surface area (Å²) < 4.78 is 5.85. The highest BCUT2D eigenvalue weighted by molar-refractivity contribution is 6.32. The van der Waals surface area contributed by atoms with Crippen molar-refractivity contribution in [2.75, 3.05) is 13.6 Å². The molecular formula is C15H14Cl2N2O. The van der Waals surface area contributed by atoms with Gasteiger partial charge in [0.05, 0.1) is 6.07 Å². The van der Waals surface area contributed by atoms with E-state index in [-0.39, 0.29) is 12.4 Å². The van der Waals surface area contributed by atoms with Gasteiger partial charge in [0.2, 0.25) is 0 Å². The summed E-state index contributed by atoms with van der Waals surface area (Å²) in [5, 5.41) is 10.6. The van der Waals surface area contributed by atoms with Crippen LogP contribution in [0, 0.1) is 11.3 Å². The molecule has 1 aromatic heterocycles. The predicted octanol–water partition coefficient (Wildman–Crippen LogP) is 4.03. The Morgan fingerprint density at radius 2 is 2.20 bits per heavy atom. The number of nitrogens with zero attached hydrogens (tertiary/aromatic N) is 2. The first-order valence-corrected chi connectivity index (χ1v) is 6.56. The van der Waals surface area contributed by atoms with E-state index >= 15 is 0 Å². The lowest BCUT2D eigenvalue weighted by molar-refractivity contribution is 0.334. The van der Waals surface area contributed by atoms with Crippen LogP contribution in [0.25, 0.3) is 17.0 Å². The lowest BCUT2D eigenvalue weighted by Crippen LogP contribution is -2.18. The molecule has 2 heterocycles. The Balaban J connectivity index is 0.00000147. The fourth-order valence-corrected chi connectivity index (χ4v) is 2.87. The number of hydrogen-bond acceptors (Lipinski definition) is 3. The smallest absolute Gasteiger partial charge is 0.135 e. The first-order chi connectivity index (χ1) is 9.20. The Morgan fingerprint density at radius 3 is 2.95 bits per heavy atom. The van der Waals surface area contributed by atoms with E-state index in [1.54, 1.807) is 6.08 Å². The van der Waals surface area contributed by atoms with E-state index in [4.69, 9.17) is 21.3 Å². The fourth-order valence-electron chi connectivity index (χ4n) is 2.62. The van der Waals surface area contributed by atoms with E-state index in [1.165, 1.54) is 6.08 Å². The van der Waals surface area contributed by atoms with Crippen molar-refractivity contribution in [1.29, 1.82) is 5.26 Å². The molecule has 0 unspecified atom stereocenters. The summed E-state index contributed by atoms with van der Waals surface area (Å²) >= 11 is 6.31. The minimum Gasteiger partial charge on any atom is -0.456 e. The second-order valence-electron chi connectivity index (χ2n) is 4.79. The van der Waals surface area contributed by atoms with Crippen molar-refractivity contribution in [2.24, 2.45) is 0 Å². The summed E-state index contributed by atoms with van der Waals surface area (Å²) in [5.74, 6) is 0.758. The molecule has 0 saturated heterocycles. The van der Waals surface area contributed by atoms with Crippen LogP contribution in [0.15, 0.2) is 22.6 Å². The summed E-state index contributed by atoms with van der Waals surface area (Å²) in [6, 6.07) is 5.79. The lowest BCUT2D eigenvalue weighted by Gasteiger charge is -2.12. The van der Waals surface area contributed by atoms with Crippen molar-refractivity contribution in [2.45, 2.75) is 13.0 Å². The average molecular weight is 309 g/mol. The quantitative estimate of drug-likeness (QED) is 0.747. The summed E-state index contributed by atoms with van der Waals surface area (Å²) in [7, 11) is 2.08. The van der Waals surface area contributed by atoms with Gasteiger partial charge in [0.1, 0.15) is 11.3 Å². The van der Waals surface area contributed by atoms with E-state index in [9.17, 15) is 0 Å². The molecule has 1 aromatic carbocycles. The maximum atomic E-state index is 8.68. The highest BCUT2D eigenvalue weighted by atomic mass is 35.5. The van der Waals surface area contributed by atoms with Crippen molar-refractivity contribution in [1.82, 2.24) is 4.90 Å². The average Bonchev–Trinajstić information content (AvgIpc) is 2.62. The number of likely N-dealkylation sites (N-methyl/N-ethyl adjacent to an activating group) is 1. The van der Waals surface area contributed by atoms with Gasteiger partial charge in [-0.15, -0.1) is 12.4 Å². The third-order valence-corrected chi connectivity index (χ3v) is 3.87. The summed E-state index contributed by atoms with van der Waals surface area (Å²) in [6.07, 6.45) is 4.09. The minimum absolute atomic E-state index is 0. The molecular weight excluding hydrogens is 295 g/mol. The first-order valence-electron chi connectivity index (χ1n) is 6.18. The van der Waals surface area contributed by atoms with Gasteiger partial charge < -0.3 is 9.32 Å². The highest BCUT2D eigenvalue weighted by Crippen LogP contribution is 2.36. The van der Waals surface area contributed by atoms with Crippen molar-refractivity contribution in [3.63, 3.8) is 0 Å². The molecule has 1 aliphatic rings. The van der Waals surface area contributed by atoms with Crippen LogP contribution in [0.5, 0.6) is 0 Å². The largest absolute Gasteiger partial charge is 0.456 e. The number of rotatable bonds is 1. The first kappa shape index (κ1) is 14.9. The normalized spacial score (nSPS) is 15.1. The highest BCUT2D eigenvalue weighted by Gasteiger charge is 2.22. The zero-order chi connectivity index (χ0) is 13.4. The predicted molar refractivity (Wildman–Crippen MR) is 83.2 cm³/mol. The molecule has 5 heteroatoms. The molecule has 0 spiro atoms. The number of halogens is 2. The molecule has 0 amide bonds. The lowest BCUT2D eigenvalue weighted by atomic mass is 10.0. The SMILES string of the molecule is CN1CCc2c(Cl)ccc3oc(/C=C/C#N)c(c23)C1.Cl. The van der Waals surface area contributed by atoms with Crippen molar-refractivity contribution in [3.05, 3.63) is 40.1 Å². The van der Waals surface area contributed by atoms with Crippen LogP contribution in [0.1, 0.15) is 16.9 Å². The second-order valence-corrected chi connectivity index (χ2v) is 5.20. The van der Waals surface area contributed by atoms with Crippen LogP contribution in [-0.4, -0.2) is 18.5 Å². The Hall–Kier alpha value is -1.47. The molecule has 104 valence electrons. The molecule has 0 atom stereocenters. The van der Waals surface area contributed by atoms with Crippen LogP contribution in [-0.2, 0) is 13.0 Å². The molecule has 3 rings (SSSR count). The van der Waals surface area contributed by atoms with Gasteiger partial charge in [-0.25, -0.2) is 0 Å². The third kappa shape index (κ3) is 2.43. The maximum absolute atomic E-state index is 8.68. The van der Waals surface area contributed by atoms with Gasteiger partial charge in [0, 0.05) is 35.1 Å². The second kappa shape index (κ2) is 5.88. The number of nitriles is 1. The molecule has 0 saturated carbocycles. The van der Waals surface area contributed by atoms with E-state index < -0.39 is 0 Å². The Bertz CT molecular complexity index is 713. The summed E-state index contributed by atoms with van der Waals surface area (Å²) in [4.78, 5) is 2.24. The summed E-state index contributed by atoms with van der Waals surface area (Å²) in [6.45, 7) is 1.78. The topological polar surface area (TPSA) is 40.2 Å². The van der Waals surface area contributed by atoms with E-state index in [0.29, 0.717) is 0 Å². The number of furan rings is 1. The Kier molecular flexibility index (Phi) is 4.39. The molecule has 20 heavy (non-hydrogen) atoms. The number of allylic oxidation sites excluding steroid dienone is 1. The van der Waals surface area contributed by atoms with Gasteiger partial charge in [0.25, 0.3) is 0 Å². The van der Waals surface area contributed by atoms with Crippen LogP contribution < -0.4 is 0 Å². The van der Waals surface area contributed by atoms with Gasteiger partial charge in [-0.3, -0.25) is 0 Å². The van der Waals surface area contributed by atoms with Crippen molar-refractivity contribution < 1.29 is 4.42 Å². The standard InChI is InChI=1S/C15H13ClN2O.ClH/c1-18-8-6-10-12(16)4-5-14-15(10)11(9-18)13(19-14)3-2-7-17;/h2-5H,6,8-9H2,1H3;1H/b3-2+;. The molecule has 1 aliphatic heterocycles. The van der Waals surface area contributed by atoms with Crippen LogP contribution in [0.2, 0.25) is 5.02 Å². The van der Waals surface area contributed by atoms with Crippen LogP contribution in [0.4, 0.5) is 0 Å². The van der Waals surface area contributed by atoms with Gasteiger partial charge in [0.15, 0.2) is 0 Å². The molecule has 0 fully saturated rings. The molecule has 0 aliphatic carbocycles. The monoisotopic (exact) mass is 308 g/mol. The molecule has 0 radical (unpaired) electrons. The van der Waals surface area contributed by atoms with Gasteiger partial charge >= 0.3 is 0 Å². The van der Waals surface area contributed by atoms with Gasteiger partial charge in [-0.05, 0) is 37.2 Å². The Morgan fingerprint density at radius 1 is 1.40 bits per heavy atom. The molecule has 0 N–H and O–H groups in total. The minimum atomic E-state index is 0.